The summed E-state index contributed by atoms with van der Waals surface area (Å²) in [6.45, 7) is 4.90. The molecule has 1 aromatic carbocycles. The number of nitrogens with two attached hydrogens (primary N) is 1. The fraction of sp³-hybridized carbons (Fsp3) is 0.455. The van der Waals surface area contributed by atoms with Crippen LogP contribution in [0.2, 0.25) is 0 Å². The maximum absolute atomic E-state index is 11.4. The number of hydrogen-bond donors (Lipinski definition) is 1. The molecular formula is C11H16N2O2S. The largest absolute Gasteiger partial charge is 0.298 e. The Labute approximate surface area is 96.1 Å². The van der Waals surface area contributed by atoms with Gasteiger partial charge in [0, 0.05) is 19.6 Å². The molecule has 4 nitrogen and oxygen atoms in total. The lowest BCUT2D eigenvalue weighted by molar-refractivity contribution is 0.104. The van der Waals surface area contributed by atoms with E-state index in [9.17, 15) is 8.42 Å². The lowest BCUT2D eigenvalue weighted by Gasteiger charge is -2.37. The molecule has 0 bridgehead atoms. The number of benzene rings is 1. The van der Waals surface area contributed by atoms with E-state index in [1.54, 1.807) is 12.1 Å². The highest BCUT2D eigenvalue weighted by atomic mass is 32.2. The van der Waals surface area contributed by atoms with E-state index in [0.29, 0.717) is 12.5 Å². The summed E-state index contributed by atoms with van der Waals surface area (Å²) >= 11 is 0. The predicted octanol–water partition coefficient (Wildman–Crippen LogP) is 0.786. The number of likely N-dealkylation sites (tertiary alicyclic amines) is 1. The summed E-state index contributed by atoms with van der Waals surface area (Å²) in [6.07, 6.45) is 0. The Morgan fingerprint density at radius 2 is 2.00 bits per heavy atom. The van der Waals surface area contributed by atoms with Crippen LogP contribution < -0.4 is 5.14 Å². The SMILES string of the molecule is CC1CN(Cc2ccccc2S(N)(=O)=O)C1. The van der Waals surface area contributed by atoms with E-state index < -0.39 is 10.0 Å². The van der Waals surface area contributed by atoms with Crippen LogP contribution >= 0.6 is 0 Å². The molecule has 0 spiro atoms. The van der Waals surface area contributed by atoms with Crippen molar-refractivity contribution in [3.63, 3.8) is 0 Å². The van der Waals surface area contributed by atoms with Crippen molar-refractivity contribution < 1.29 is 8.42 Å². The predicted molar refractivity (Wildman–Crippen MR) is 62.3 cm³/mol. The van der Waals surface area contributed by atoms with Gasteiger partial charge in [0.15, 0.2) is 0 Å². The molecule has 16 heavy (non-hydrogen) atoms. The van der Waals surface area contributed by atoms with Crippen LogP contribution in [0.1, 0.15) is 12.5 Å². The Morgan fingerprint density at radius 3 is 2.56 bits per heavy atom. The normalized spacial score (nSPS) is 18.4. The van der Waals surface area contributed by atoms with Gasteiger partial charge in [0.2, 0.25) is 10.0 Å². The number of rotatable bonds is 3. The Balaban J connectivity index is 2.21. The van der Waals surface area contributed by atoms with Gasteiger partial charge in [-0.1, -0.05) is 25.1 Å². The van der Waals surface area contributed by atoms with Crippen LogP contribution in [-0.2, 0) is 16.6 Å². The maximum Gasteiger partial charge on any atom is 0.238 e. The molecule has 1 aliphatic heterocycles. The summed E-state index contributed by atoms with van der Waals surface area (Å²) in [7, 11) is -3.60. The summed E-state index contributed by atoms with van der Waals surface area (Å²) in [5.74, 6) is 0.710. The van der Waals surface area contributed by atoms with Crippen molar-refractivity contribution in [3.05, 3.63) is 29.8 Å². The molecule has 0 unspecified atom stereocenters. The second-order valence-electron chi connectivity index (χ2n) is 4.45. The lowest BCUT2D eigenvalue weighted by Crippen LogP contribution is -2.44. The summed E-state index contributed by atoms with van der Waals surface area (Å²) in [5.41, 5.74) is 0.789. The summed E-state index contributed by atoms with van der Waals surface area (Å²) in [6, 6.07) is 6.92. The summed E-state index contributed by atoms with van der Waals surface area (Å²) in [5, 5.41) is 5.17. The molecule has 0 saturated carbocycles. The van der Waals surface area contributed by atoms with E-state index in [0.717, 1.165) is 18.7 Å². The average Bonchev–Trinajstić information content (AvgIpc) is 2.14. The molecule has 0 amide bonds. The fourth-order valence-electron chi connectivity index (χ4n) is 2.11. The third-order valence-electron chi connectivity index (χ3n) is 2.81. The van der Waals surface area contributed by atoms with Gasteiger partial charge in [-0.05, 0) is 17.5 Å². The Hall–Kier alpha value is -0.910. The quantitative estimate of drug-likeness (QED) is 0.849. The zero-order chi connectivity index (χ0) is 11.8. The summed E-state index contributed by atoms with van der Waals surface area (Å²) in [4.78, 5) is 2.46. The highest BCUT2D eigenvalue weighted by Gasteiger charge is 2.24. The Bertz CT molecular complexity index is 479. The minimum absolute atomic E-state index is 0.245. The number of nitrogens with zero attached hydrogens (tertiary/aromatic N) is 1. The number of primary sulfonamides is 1. The minimum atomic E-state index is -3.60. The van der Waals surface area contributed by atoms with E-state index in [1.807, 2.05) is 12.1 Å². The third-order valence-corrected chi connectivity index (χ3v) is 3.82. The second kappa shape index (κ2) is 4.16. The second-order valence-corrected chi connectivity index (χ2v) is 5.98. The molecule has 1 aliphatic rings. The van der Waals surface area contributed by atoms with Crippen LogP contribution in [0.25, 0.3) is 0 Å². The number of sulfonamides is 1. The van der Waals surface area contributed by atoms with Gasteiger partial charge in [-0.2, -0.15) is 0 Å². The highest BCUT2D eigenvalue weighted by Crippen LogP contribution is 2.21. The zero-order valence-electron chi connectivity index (χ0n) is 9.26. The van der Waals surface area contributed by atoms with E-state index in [1.165, 1.54) is 0 Å². The van der Waals surface area contributed by atoms with Crippen molar-refractivity contribution in [3.8, 4) is 0 Å². The van der Waals surface area contributed by atoms with E-state index >= 15 is 0 Å². The van der Waals surface area contributed by atoms with Gasteiger partial charge in [0.25, 0.3) is 0 Å². The van der Waals surface area contributed by atoms with Crippen LogP contribution in [0, 0.1) is 5.92 Å². The van der Waals surface area contributed by atoms with Gasteiger partial charge in [0.05, 0.1) is 4.90 Å². The fourth-order valence-corrected chi connectivity index (χ4v) is 2.88. The molecule has 0 atom stereocenters. The Morgan fingerprint density at radius 1 is 1.38 bits per heavy atom. The monoisotopic (exact) mass is 240 g/mol. The van der Waals surface area contributed by atoms with Gasteiger partial charge in [-0.3, -0.25) is 4.90 Å². The first kappa shape index (κ1) is 11.6. The molecule has 1 heterocycles. The highest BCUT2D eigenvalue weighted by molar-refractivity contribution is 7.89. The molecular weight excluding hydrogens is 224 g/mol. The maximum atomic E-state index is 11.4. The molecule has 1 fully saturated rings. The molecule has 0 radical (unpaired) electrons. The third kappa shape index (κ3) is 2.42. The van der Waals surface area contributed by atoms with Crippen molar-refractivity contribution in [1.82, 2.24) is 4.90 Å². The van der Waals surface area contributed by atoms with Crippen molar-refractivity contribution >= 4 is 10.0 Å². The van der Waals surface area contributed by atoms with E-state index in [2.05, 4.69) is 11.8 Å². The Kier molecular flexibility index (Phi) is 3.01. The summed E-state index contributed by atoms with van der Waals surface area (Å²) < 4.78 is 22.7. The molecule has 1 saturated heterocycles. The molecule has 88 valence electrons. The van der Waals surface area contributed by atoms with Gasteiger partial charge in [-0.15, -0.1) is 0 Å². The topological polar surface area (TPSA) is 63.4 Å². The zero-order valence-corrected chi connectivity index (χ0v) is 10.1. The van der Waals surface area contributed by atoms with Crippen LogP contribution in [-0.4, -0.2) is 26.4 Å². The van der Waals surface area contributed by atoms with Gasteiger partial charge in [-0.25, -0.2) is 13.6 Å². The van der Waals surface area contributed by atoms with Crippen molar-refractivity contribution in [2.75, 3.05) is 13.1 Å². The molecule has 1 aromatic rings. The van der Waals surface area contributed by atoms with Crippen LogP contribution in [0.4, 0.5) is 0 Å². The van der Waals surface area contributed by atoms with Crippen LogP contribution in [0.3, 0.4) is 0 Å². The van der Waals surface area contributed by atoms with Gasteiger partial charge >= 0.3 is 0 Å². The molecule has 2 rings (SSSR count). The first-order valence-corrected chi connectivity index (χ1v) is 6.84. The van der Waals surface area contributed by atoms with E-state index in [4.69, 9.17) is 5.14 Å². The standard InChI is InChI=1S/C11H16N2O2S/c1-9-6-13(7-9)8-10-4-2-3-5-11(10)16(12,14)15/h2-5,9H,6-8H2,1H3,(H2,12,14,15). The molecule has 0 aromatic heterocycles. The average molecular weight is 240 g/mol. The van der Waals surface area contributed by atoms with Crippen molar-refractivity contribution in [1.29, 1.82) is 0 Å². The first-order chi connectivity index (χ1) is 7.47. The lowest BCUT2D eigenvalue weighted by atomic mass is 10.0. The minimum Gasteiger partial charge on any atom is -0.298 e. The number of hydrogen-bond acceptors (Lipinski definition) is 3. The smallest absolute Gasteiger partial charge is 0.238 e. The molecule has 2 N–H and O–H groups in total. The van der Waals surface area contributed by atoms with Crippen molar-refractivity contribution in [2.45, 2.75) is 18.4 Å². The van der Waals surface area contributed by atoms with E-state index in [-0.39, 0.29) is 4.90 Å². The van der Waals surface area contributed by atoms with Gasteiger partial charge in [0.1, 0.15) is 0 Å². The van der Waals surface area contributed by atoms with Crippen molar-refractivity contribution in [2.24, 2.45) is 11.1 Å². The molecule has 5 heteroatoms. The van der Waals surface area contributed by atoms with Gasteiger partial charge < -0.3 is 0 Å². The van der Waals surface area contributed by atoms with Crippen LogP contribution in [0.5, 0.6) is 0 Å². The molecule has 0 aliphatic carbocycles. The van der Waals surface area contributed by atoms with Crippen LogP contribution in [0.15, 0.2) is 29.2 Å². The first-order valence-electron chi connectivity index (χ1n) is 5.30.